The van der Waals surface area contributed by atoms with Gasteiger partial charge in [-0.15, -0.1) is 0 Å². The van der Waals surface area contributed by atoms with Gasteiger partial charge in [0.1, 0.15) is 24.2 Å². The van der Waals surface area contributed by atoms with E-state index in [4.69, 9.17) is 9.47 Å². The van der Waals surface area contributed by atoms with Crippen molar-refractivity contribution >= 4 is 17.7 Å². The number of benzene rings is 2. The number of ether oxygens (including phenoxy) is 2. The molecule has 0 aromatic heterocycles. The topological polar surface area (TPSA) is 79.8 Å². The van der Waals surface area contributed by atoms with E-state index >= 15 is 0 Å². The molecule has 3 N–H and O–H groups in total. The second-order valence-corrected chi connectivity index (χ2v) is 9.03. The zero-order chi connectivity index (χ0) is 22.6. The number of hydrogen-bond donors (Lipinski definition) is 3. The van der Waals surface area contributed by atoms with Crippen LogP contribution in [0, 0.1) is 0 Å². The van der Waals surface area contributed by atoms with Crippen LogP contribution in [0.4, 0.5) is 0 Å². The molecule has 0 aliphatic heterocycles. The Morgan fingerprint density at radius 2 is 2.00 bits per heavy atom. The lowest BCUT2D eigenvalue weighted by Crippen LogP contribution is -2.39. The number of hydrogen-bond acceptors (Lipinski definition) is 6. The van der Waals surface area contributed by atoms with Crippen LogP contribution in [-0.4, -0.2) is 61.5 Å². The first-order valence-corrected chi connectivity index (χ1v) is 12.6. The first-order valence-electron chi connectivity index (χ1n) is 11.2. The van der Waals surface area contributed by atoms with Gasteiger partial charge in [-0.25, -0.2) is 0 Å². The molecule has 6 nitrogen and oxygen atoms in total. The zero-order valence-corrected chi connectivity index (χ0v) is 19.5. The second-order valence-electron chi connectivity index (χ2n) is 8.04. The molecule has 0 bridgehead atoms. The summed E-state index contributed by atoms with van der Waals surface area (Å²) in [6, 6.07) is 15.9. The molecule has 2 atom stereocenters. The maximum absolute atomic E-state index is 11.9. The third-order valence-corrected chi connectivity index (χ3v) is 6.08. The summed E-state index contributed by atoms with van der Waals surface area (Å²) in [5.74, 6) is 2.29. The van der Waals surface area contributed by atoms with Gasteiger partial charge >= 0.3 is 0 Å². The number of amides is 1. The van der Waals surface area contributed by atoms with Crippen molar-refractivity contribution in [3.63, 3.8) is 0 Å². The van der Waals surface area contributed by atoms with Crippen LogP contribution in [0.2, 0.25) is 0 Å². The van der Waals surface area contributed by atoms with Crippen molar-refractivity contribution in [1.29, 1.82) is 0 Å². The predicted molar refractivity (Wildman–Crippen MR) is 130 cm³/mol. The van der Waals surface area contributed by atoms with Crippen molar-refractivity contribution in [3.8, 4) is 11.5 Å². The predicted octanol–water partition coefficient (Wildman–Crippen LogP) is 2.82. The molecule has 0 radical (unpaired) electrons. The standard InChI is InChI=1S/C25H34N2O4S/c1-32-13-12-26-25(29)18-31-24-11-10-19-6-5-7-21(14-20(19)15-24)27-16-22(28)17-30-23-8-3-2-4-9-23/h2-4,8-11,15,21-22,27-28H,5-7,12-14,16-18H2,1H3,(H,26,29)/t21?,22-/m0/s1. The van der Waals surface area contributed by atoms with Crippen LogP contribution < -0.4 is 20.1 Å². The van der Waals surface area contributed by atoms with Crippen LogP contribution >= 0.6 is 11.8 Å². The second kappa shape index (κ2) is 13.4. The number of carbonyl (C=O) groups is 1. The Morgan fingerprint density at radius 1 is 1.16 bits per heavy atom. The van der Waals surface area contributed by atoms with Gasteiger partial charge in [0, 0.05) is 24.9 Å². The van der Waals surface area contributed by atoms with E-state index in [1.807, 2.05) is 42.7 Å². The average Bonchev–Trinajstić information content (AvgIpc) is 3.02. The van der Waals surface area contributed by atoms with Crippen LogP contribution in [0.5, 0.6) is 11.5 Å². The number of carbonyl (C=O) groups excluding carboxylic acids is 1. The van der Waals surface area contributed by atoms with Gasteiger partial charge in [0.25, 0.3) is 5.91 Å². The number of thioether (sulfide) groups is 1. The molecule has 1 aliphatic carbocycles. The molecule has 0 heterocycles. The number of para-hydroxylation sites is 1. The van der Waals surface area contributed by atoms with Crippen molar-refractivity contribution in [2.24, 2.45) is 0 Å². The molecule has 0 saturated heterocycles. The Balaban J connectivity index is 1.46. The van der Waals surface area contributed by atoms with E-state index in [1.165, 1.54) is 11.1 Å². The third-order valence-electron chi connectivity index (χ3n) is 5.47. The van der Waals surface area contributed by atoms with E-state index < -0.39 is 6.10 Å². The van der Waals surface area contributed by atoms with Gasteiger partial charge in [-0.2, -0.15) is 11.8 Å². The molecule has 174 valence electrons. The van der Waals surface area contributed by atoms with Crippen LogP contribution in [0.15, 0.2) is 48.5 Å². The highest BCUT2D eigenvalue weighted by molar-refractivity contribution is 7.98. The quantitative estimate of drug-likeness (QED) is 0.335. The Morgan fingerprint density at radius 3 is 2.81 bits per heavy atom. The lowest BCUT2D eigenvalue weighted by Gasteiger charge is -2.20. The van der Waals surface area contributed by atoms with Gasteiger partial charge < -0.3 is 25.2 Å². The number of aryl methyl sites for hydroxylation is 1. The first-order chi connectivity index (χ1) is 15.6. The summed E-state index contributed by atoms with van der Waals surface area (Å²) >= 11 is 1.70. The van der Waals surface area contributed by atoms with E-state index in [2.05, 4.69) is 22.8 Å². The molecule has 0 fully saturated rings. The SMILES string of the molecule is CSCCNC(=O)COc1ccc2c(c1)CC(NC[C@H](O)COc1ccccc1)CCC2. The first kappa shape index (κ1) is 24.4. The minimum Gasteiger partial charge on any atom is -0.491 e. The summed E-state index contributed by atoms with van der Waals surface area (Å²) in [6.07, 6.45) is 5.49. The molecule has 0 spiro atoms. The van der Waals surface area contributed by atoms with E-state index in [-0.39, 0.29) is 25.2 Å². The molecular formula is C25H34N2O4S. The van der Waals surface area contributed by atoms with E-state index in [9.17, 15) is 9.90 Å². The number of rotatable bonds is 12. The number of nitrogens with one attached hydrogen (secondary N) is 2. The normalized spacial score (nSPS) is 16.5. The van der Waals surface area contributed by atoms with E-state index in [0.29, 0.717) is 13.1 Å². The van der Waals surface area contributed by atoms with Crippen molar-refractivity contribution < 1.29 is 19.4 Å². The van der Waals surface area contributed by atoms with E-state index in [1.54, 1.807) is 11.8 Å². The highest BCUT2D eigenvalue weighted by atomic mass is 32.2. The van der Waals surface area contributed by atoms with Crippen LogP contribution in [-0.2, 0) is 17.6 Å². The molecule has 2 aromatic carbocycles. The fraction of sp³-hybridized carbons (Fsp3) is 0.480. The fourth-order valence-corrected chi connectivity index (χ4v) is 4.08. The maximum atomic E-state index is 11.9. The monoisotopic (exact) mass is 458 g/mol. The molecule has 1 amide bonds. The molecule has 3 rings (SSSR count). The molecule has 1 unspecified atom stereocenters. The molecular weight excluding hydrogens is 424 g/mol. The highest BCUT2D eigenvalue weighted by Crippen LogP contribution is 2.25. The summed E-state index contributed by atoms with van der Waals surface area (Å²) in [5.41, 5.74) is 2.58. The average molecular weight is 459 g/mol. The summed E-state index contributed by atoms with van der Waals surface area (Å²) in [6.45, 7) is 1.43. The number of aliphatic hydroxyl groups excluding tert-OH is 1. The van der Waals surface area contributed by atoms with E-state index in [0.717, 1.165) is 42.9 Å². The van der Waals surface area contributed by atoms with Gasteiger partial charge in [0.2, 0.25) is 0 Å². The smallest absolute Gasteiger partial charge is 0.257 e. The Kier molecular flexibility index (Phi) is 10.2. The summed E-state index contributed by atoms with van der Waals surface area (Å²) in [7, 11) is 0. The summed E-state index contributed by atoms with van der Waals surface area (Å²) < 4.78 is 11.4. The Hall–Kier alpha value is -2.22. The van der Waals surface area contributed by atoms with Crippen LogP contribution in [0.25, 0.3) is 0 Å². The molecule has 32 heavy (non-hydrogen) atoms. The largest absolute Gasteiger partial charge is 0.491 e. The van der Waals surface area contributed by atoms with Gasteiger partial charge in [0.05, 0.1) is 0 Å². The highest BCUT2D eigenvalue weighted by Gasteiger charge is 2.18. The lowest BCUT2D eigenvalue weighted by molar-refractivity contribution is -0.122. The van der Waals surface area contributed by atoms with Crippen molar-refractivity contribution in [1.82, 2.24) is 10.6 Å². The van der Waals surface area contributed by atoms with Crippen LogP contribution in [0.1, 0.15) is 24.0 Å². The minimum atomic E-state index is -0.572. The molecule has 1 aliphatic rings. The Bertz CT molecular complexity index is 834. The lowest BCUT2D eigenvalue weighted by atomic mass is 10.0. The fourth-order valence-electron chi connectivity index (χ4n) is 3.77. The summed E-state index contributed by atoms with van der Waals surface area (Å²) in [4.78, 5) is 11.9. The van der Waals surface area contributed by atoms with Gasteiger partial charge in [-0.3, -0.25) is 4.79 Å². The van der Waals surface area contributed by atoms with Crippen LogP contribution in [0.3, 0.4) is 0 Å². The number of aliphatic hydroxyl groups is 1. The minimum absolute atomic E-state index is 0.0302. The van der Waals surface area contributed by atoms with Gasteiger partial charge in [-0.05, 0) is 67.3 Å². The van der Waals surface area contributed by atoms with Crippen molar-refractivity contribution in [2.75, 3.05) is 38.3 Å². The van der Waals surface area contributed by atoms with Crippen molar-refractivity contribution in [2.45, 2.75) is 37.8 Å². The maximum Gasteiger partial charge on any atom is 0.257 e. The number of fused-ring (bicyclic) bond motifs is 1. The summed E-state index contributed by atoms with van der Waals surface area (Å²) in [5, 5.41) is 16.7. The molecule has 2 aromatic rings. The molecule has 7 heteroatoms. The third kappa shape index (κ3) is 8.37. The van der Waals surface area contributed by atoms with Crippen molar-refractivity contribution in [3.05, 3.63) is 59.7 Å². The van der Waals surface area contributed by atoms with Gasteiger partial charge in [-0.1, -0.05) is 24.3 Å². The molecule has 0 saturated carbocycles. The van der Waals surface area contributed by atoms with Gasteiger partial charge in [0.15, 0.2) is 6.61 Å². The Labute approximate surface area is 195 Å². The zero-order valence-electron chi connectivity index (χ0n) is 18.7.